The lowest BCUT2D eigenvalue weighted by Gasteiger charge is -2.41. The third kappa shape index (κ3) is 6.34. The summed E-state index contributed by atoms with van der Waals surface area (Å²) in [5.41, 5.74) is -0.282. The number of hydrogen-bond acceptors (Lipinski definition) is 2. The SMILES string of the molecule is CC1CC(CC(C)(CCCCOc2ccccc2)C(=O)O)CC(C)(C)C1. The van der Waals surface area contributed by atoms with Crippen LogP contribution in [0.25, 0.3) is 0 Å². The predicted octanol–water partition coefficient (Wildman–Crippen LogP) is 6.18. The number of hydrogen-bond donors (Lipinski definition) is 1. The van der Waals surface area contributed by atoms with Crippen LogP contribution in [0.15, 0.2) is 30.3 Å². The van der Waals surface area contributed by atoms with Gasteiger partial charge in [-0.25, -0.2) is 0 Å². The molecule has 3 nitrogen and oxygen atoms in total. The second-order valence-corrected chi connectivity index (χ2v) is 9.47. The number of benzene rings is 1. The number of ether oxygens (including phenoxy) is 1. The average Bonchev–Trinajstić information content (AvgIpc) is 2.53. The molecule has 0 aromatic heterocycles. The molecule has 0 aliphatic heterocycles. The average molecular weight is 361 g/mol. The van der Waals surface area contributed by atoms with Crippen LogP contribution >= 0.6 is 0 Å². The molecule has 0 bridgehead atoms. The van der Waals surface area contributed by atoms with Crippen molar-refractivity contribution in [2.45, 2.75) is 72.6 Å². The molecular weight excluding hydrogens is 324 g/mol. The van der Waals surface area contributed by atoms with E-state index in [1.807, 2.05) is 37.3 Å². The van der Waals surface area contributed by atoms with Crippen molar-refractivity contribution >= 4 is 5.97 Å². The lowest BCUT2D eigenvalue weighted by molar-refractivity contribution is -0.150. The minimum Gasteiger partial charge on any atom is -0.494 e. The number of para-hydroxylation sites is 1. The van der Waals surface area contributed by atoms with E-state index in [4.69, 9.17) is 4.74 Å². The second kappa shape index (κ2) is 8.92. The smallest absolute Gasteiger partial charge is 0.309 e. The standard InChI is InChI=1S/C23H36O3/c1-18-14-19(16-22(2,3)15-18)17-23(4,21(24)25)12-8-9-13-26-20-10-6-5-7-11-20/h5-7,10-11,18-19H,8-9,12-17H2,1-4H3,(H,24,25). The van der Waals surface area contributed by atoms with Crippen molar-refractivity contribution in [1.29, 1.82) is 0 Å². The summed E-state index contributed by atoms with van der Waals surface area (Å²) < 4.78 is 5.73. The largest absolute Gasteiger partial charge is 0.494 e. The molecule has 1 aliphatic rings. The van der Waals surface area contributed by atoms with Crippen molar-refractivity contribution in [2.75, 3.05) is 6.61 Å². The summed E-state index contributed by atoms with van der Waals surface area (Å²) in [6, 6.07) is 9.80. The molecular formula is C23H36O3. The van der Waals surface area contributed by atoms with E-state index in [1.165, 1.54) is 12.8 Å². The zero-order valence-electron chi connectivity index (χ0n) is 17.0. The van der Waals surface area contributed by atoms with Crippen molar-refractivity contribution in [2.24, 2.45) is 22.7 Å². The fourth-order valence-corrected chi connectivity index (χ4v) is 4.96. The van der Waals surface area contributed by atoms with Crippen LogP contribution in [-0.4, -0.2) is 17.7 Å². The first-order chi connectivity index (χ1) is 12.2. The molecule has 2 rings (SSSR count). The molecule has 1 aliphatic carbocycles. The molecule has 1 N–H and O–H groups in total. The Hall–Kier alpha value is -1.51. The Balaban J connectivity index is 1.81. The highest BCUT2D eigenvalue weighted by Gasteiger charge is 2.39. The number of unbranched alkanes of at least 4 members (excludes halogenated alkanes) is 1. The maximum Gasteiger partial charge on any atom is 0.309 e. The van der Waals surface area contributed by atoms with Crippen molar-refractivity contribution < 1.29 is 14.6 Å². The van der Waals surface area contributed by atoms with Crippen LogP contribution in [0, 0.1) is 22.7 Å². The van der Waals surface area contributed by atoms with E-state index in [0.717, 1.165) is 37.9 Å². The van der Waals surface area contributed by atoms with E-state index >= 15 is 0 Å². The maximum atomic E-state index is 12.0. The Morgan fingerprint density at radius 2 is 1.92 bits per heavy atom. The molecule has 0 spiro atoms. The number of aliphatic carboxylic acids is 1. The quantitative estimate of drug-likeness (QED) is 0.535. The molecule has 0 radical (unpaired) electrons. The van der Waals surface area contributed by atoms with Gasteiger partial charge in [0.05, 0.1) is 12.0 Å². The van der Waals surface area contributed by atoms with Crippen LogP contribution in [0.5, 0.6) is 5.75 Å². The minimum atomic E-state index is -0.641. The molecule has 3 atom stereocenters. The molecule has 26 heavy (non-hydrogen) atoms. The Kier molecular flexibility index (Phi) is 7.14. The molecule has 0 heterocycles. The monoisotopic (exact) mass is 360 g/mol. The van der Waals surface area contributed by atoms with Gasteiger partial charge in [-0.1, -0.05) is 39.0 Å². The van der Waals surface area contributed by atoms with E-state index in [2.05, 4.69) is 20.8 Å². The normalized spacial score (nSPS) is 24.6. The van der Waals surface area contributed by atoms with Crippen molar-refractivity contribution in [3.8, 4) is 5.75 Å². The van der Waals surface area contributed by atoms with Crippen molar-refractivity contribution in [3.63, 3.8) is 0 Å². The summed E-state index contributed by atoms with van der Waals surface area (Å²) >= 11 is 0. The molecule has 1 saturated carbocycles. The van der Waals surface area contributed by atoms with Gasteiger partial charge in [0.25, 0.3) is 0 Å². The first kappa shape index (κ1) is 20.8. The number of carbonyl (C=O) groups is 1. The molecule has 146 valence electrons. The minimum absolute atomic E-state index is 0.339. The Labute approximate surface area is 159 Å². The number of rotatable bonds is 9. The van der Waals surface area contributed by atoms with Gasteiger partial charge in [-0.2, -0.15) is 0 Å². The van der Waals surface area contributed by atoms with Crippen LogP contribution in [0.1, 0.15) is 72.6 Å². The van der Waals surface area contributed by atoms with E-state index in [9.17, 15) is 9.90 Å². The molecule has 3 unspecified atom stereocenters. The highest BCUT2D eigenvalue weighted by molar-refractivity contribution is 5.74. The number of carboxylic acid groups (broad SMARTS) is 1. The van der Waals surface area contributed by atoms with Crippen LogP contribution < -0.4 is 4.74 Å². The lowest BCUT2D eigenvalue weighted by atomic mass is 9.63. The van der Waals surface area contributed by atoms with Crippen LogP contribution in [0.3, 0.4) is 0 Å². The Morgan fingerprint density at radius 3 is 2.54 bits per heavy atom. The Morgan fingerprint density at radius 1 is 1.23 bits per heavy atom. The molecule has 0 amide bonds. The summed E-state index contributed by atoms with van der Waals surface area (Å²) in [6.07, 6.45) is 6.89. The van der Waals surface area contributed by atoms with Gasteiger partial charge < -0.3 is 9.84 Å². The fourth-order valence-electron chi connectivity index (χ4n) is 4.96. The zero-order chi connectivity index (χ0) is 19.2. The molecule has 3 heteroatoms. The fraction of sp³-hybridized carbons (Fsp3) is 0.696. The van der Waals surface area contributed by atoms with Gasteiger partial charge in [0.2, 0.25) is 0 Å². The van der Waals surface area contributed by atoms with E-state index in [-0.39, 0.29) is 0 Å². The van der Waals surface area contributed by atoms with Crippen molar-refractivity contribution in [1.82, 2.24) is 0 Å². The van der Waals surface area contributed by atoms with Gasteiger partial charge >= 0.3 is 5.97 Å². The van der Waals surface area contributed by atoms with Gasteiger partial charge in [0.1, 0.15) is 5.75 Å². The number of carboxylic acids is 1. The first-order valence-electron chi connectivity index (χ1n) is 10.1. The third-order valence-corrected chi connectivity index (χ3v) is 5.87. The zero-order valence-corrected chi connectivity index (χ0v) is 17.0. The van der Waals surface area contributed by atoms with Crippen molar-refractivity contribution in [3.05, 3.63) is 30.3 Å². The van der Waals surface area contributed by atoms with E-state index in [0.29, 0.717) is 23.9 Å². The maximum absolute atomic E-state index is 12.0. The van der Waals surface area contributed by atoms with Gasteiger partial charge in [-0.05, 0) is 81.3 Å². The summed E-state index contributed by atoms with van der Waals surface area (Å²) in [6.45, 7) is 9.56. The lowest BCUT2D eigenvalue weighted by Crippen LogP contribution is -2.35. The second-order valence-electron chi connectivity index (χ2n) is 9.47. The molecule has 1 aromatic rings. The van der Waals surface area contributed by atoms with Crippen LogP contribution in [-0.2, 0) is 4.79 Å². The van der Waals surface area contributed by atoms with Gasteiger partial charge in [-0.15, -0.1) is 0 Å². The van der Waals surface area contributed by atoms with E-state index in [1.54, 1.807) is 0 Å². The third-order valence-electron chi connectivity index (χ3n) is 5.87. The first-order valence-corrected chi connectivity index (χ1v) is 10.1. The van der Waals surface area contributed by atoms with Gasteiger partial charge in [0, 0.05) is 0 Å². The molecule has 1 fully saturated rings. The Bertz CT molecular complexity index is 566. The van der Waals surface area contributed by atoms with Crippen LogP contribution in [0.4, 0.5) is 0 Å². The van der Waals surface area contributed by atoms with Crippen LogP contribution in [0.2, 0.25) is 0 Å². The highest BCUT2D eigenvalue weighted by Crippen LogP contribution is 2.46. The van der Waals surface area contributed by atoms with Gasteiger partial charge in [-0.3, -0.25) is 4.79 Å². The highest BCUT2D eigenvalue weighted by atomic mass is 16.5. The van der Waals surface area contributed by atoms with Gasteiger partial charge in [0.15, 0.2) is 0 Å². The topological polar surface area (TPSA) is 46.5 Å². The summed E-state index contributed by atoms with van der Waals surface area (Å²) in [5, 5.41) is 9.86. The molecule has 1 aromatic carbocycles. The summed E-state index contributed by atoms with van der Waals surface area (Å²) in [4.78, 5) is 12.0. The predicted molar refractivity (Wildman–Crippen MR) is 106 cm³/mol. The summed E-state index contributed by atoms with van der Waals surface area (Å²) in [7, 11) is 0. The molecule has 0 saturated heterocycles. The summed E-state index contributed by atoms with van der Waals surface area (Å²) in [5.74, 6) is 1.46. The van der Waals surface area contributed by atoms with E-state index < -0.39 is 11.4 Å².